The van der Waals surface area contributed by atoms with Crippen molar-refractivity contribution in [2.24, 2.45) is 0 Å². The van der Waals surface area contributed by atoms with Gasteiger partial charge in [-0.3, -0.25) is 10.1 Å². The Morgan fingerprint density at radius 2 is 1.83 bits per heavy atom. The molecule has 0 aliphatic heterocycles. The maximum Gasteiger partial charge on any atom is 0.322 e. The number of benzene rings is 2. The van der Waals surface area contributed by atoms with Gasteiger partial charge in [0, 0.05) is 11.6 Å². The van der Waals surface area contributed by atoms with Crippen LogP contribution in [0.4, 0.5) is 6.01 Å². The van der Waals surface area contributed by atoms with Gasteiger partial charge in [0.1, 0.15) is 11.5 Å². The molecule has 0 bridgehead atoms. The van der Waals surface area contributed by atoms with Crippen molar-refractivity contribution in [1.82, 2.24) is 10.2 Å². The van der Waals surface area contributed by atoms with Crippen LogP contribution in [-0.4, -0.2) is 30.3 Å². The van der Waals surface area contributed by atoms with Gasteiger partial charge in [-0.15, -0.1) is 5.10 Å². The predicted octanol–water partition coefficient (Wildman–Crippen LogP) is 3.01. The van der Waals surface area contributed by atoms with Gasteiger partial charge >= 0.3 is 6.01 Å². The van der Waals surface area contributed by atoms with Crippen molar-refractivity contribution in [3.63, 3.8) is 0 Å². The second kappa shape index (κ2) is 6.82. The molecule has 0 aliphatic carbocycles. The number of nitrogens with zero attached hydrogens (tertiary/aromatic N) is 2. The van der Waals surface area contributed by atoms with Crippen molar-refractivity contribution in [3.8, 4) is 23.0 Å². The summed E-state index contributed by atoms with van der Waals surface area (Å²) in [5, 5.41) is 10.3. The van der Waals surface area contributed by atoms with E-state index in [1.165, 1.54) is 14.2 Å². The van der Waals surface area contributed by atoms with E-state index in [4.69, 9.17) is 13.9 Å². The zero-order valence-electron chi connectivity index (χ0n) is 13.1. The molecule has 122 valence electrons. The van der Waals surface area contributed by atoms with Gasteiger partial charge in [-0.1, -0.05) is 23.3 Å². The summed E-state index contributed by atoms with van der Waals surface area (Å²) in [7, 11) is 3.02. The molecular weight excluding hydrogens is 310 g/mol. The van der Waals surface area contributed by atoms with E-state index < -0.39 is 5.91 Å². The first-order valence-corrected chi connectivity index (χ1v) is 7.13. The number of amides is 1. The molecule has 0 spiro atoms. The Labute approximate surface area is 138 Å². The molecule has 1 N–H and O–H groups in total. The topological polar surface area (TPSA) is 86.5 Å². The van der Waals surface area contributed by atoms with Crippen LogP contribution in [0.15, 0.2) is 52.9 Å². The Kier molecular flexibility index (Phi) is 4.42. The zero-order valence-corrected chi connectivity index (χ0v) is 13.1. The summed E-state index contributed by atoms with van der Waals surface area (Å²) in [4.78, 5) is 12.4. The Morgan fingerprint density at radius 1 is 1.04 bits per heavy atom. The smallest absolute Gasteiger partial charge is 0.322 e. The summed E-state index contributed by atoms with van der Waals surface area (Å²) in [6.07, 6.45) is 0. The van der Waals surface area contributed by atoms with Crippen molar-refractivity contribution >= 4 is 11.9 Å². The third-order valence-electron chi connectivity index (χ3n) is 3.32. The van der Waals surface area contributed by atoms with Crippen LogP contribution >= 0.6 is 0 Å². The van der Waals surface area contributed by atoms with Crippen molar-refractivity contribution < 1.29 is 18.7 Å². The Bertz CT molecular complexity index is 846. The van der Waals surface area contributed by atoms with Crippen LogP contribution in [0.5, 0.6) is 11.5 Å². The number of anilines is 1. The van der Waals surface area contributed by atoms with Crippen LogP contribution in [0.2, 0.25) is 0 Å². The van der Waals surface area contributed by atoms with Gasteiger partial charge in [0.25, 0.3) is 5.91 Å². The standard InChI is InChI=1S/C17H15N3O4/c1-22-12-8-9-13(14(10-12)23-2)15(21)18-17-20-19-16(24-17)11-6-4-3-5-7-11/h3-10H,1-2H3,(H,18,20,21). The van der Waals surface area contributed by atoms with Crippen LogP contribution in [0.1, 0.15) is 10.4 Å². The molecule has 7 nitrogen and oxygen atoms in total. The summed E-state index contributed by atoms with van der Waals surface area (Å²) < 4.78 is 15.8. The summed E-state index contributed by atoms with van der Waals surface area (Å²) in [5.74, 6) is 0.882. The van der Waals surface area contributed by atoms with E-state index in [0.29, 0.717) is 23.0 Å². The largest absolute Gasteiger partial charge is 0.497 e. The lowest BCUT2D eigenvalue weighted by atomic mass is 10.2. The van der Waals surface area contributed by atoms with Crippen LogP contribution in [0.3, 0.4) is 0 Å². The Hall–Kier alpha value is -3.35. The molecule has 2 aromatic carbocycles. The number of nitrogens with one attached hydrogen (secondary N) is 1. The lowest BCUT2D eigenvalue weighted by Gasteiger charge is -2.09. The van der Waals surface area contributed by atoms with Crippen LogP contribution < -0.4 is 14.8 Å². The second-order valence-corrected chi connectivity index (χ2v) is 4.80. The second-order valence-electron chi connectivity index (χ2n) is 4.80. The predicted molar refractivity (Wildman–Crippen MR) is 87.2 cm³/mol. The van der Waals surface area contributed by atoms with Gasteiger partial charge in [-0.25, -0.2) is 0 Å². The minimum Gasteiger partial charge on any atom is -0.497 e. The van der Waals surface area contributed by atoms with E-state index in [2.05, 4.69) is 15.5 Å². The number of rotatable bonds is 5. The van der Waals surface area contributed by atoms with E-state index in [1.54, 1.807) is 18.2 Å². The van der Waals surface area contributed by atoms with E-state index in [9.17, 15) is 4.79 Å². The number of hydrogen-bond acceptors (Lipinski definition) is 6. The summed E-state index contributed by atoms with van der Waals surface area (Å²) in [6, 6.07) is 14.2. The van der Waals surface area contributed by atoms with Gasteiger partial charge in [-0.05, 0) is 24.3 Å². The maximum absolute atomic E-state index is 12.4. The average Bonchev–Trinajstić information content (AvgIpc) is 3.10. The SMILES string of the molecule is COc1ccc(C(=O)Nc2nnc(-c3ccccc3)o2)c(OC)c1. The molecule has 3 aromatic rings. The Balaban J connectivity index is 1.79. The molecule has 0 aliphatic rings. The number of aromatic nitrogens is 2. The molecule has 1 heterocycles. The third kappa shape index (κ3) is 3.19. The highest BCUT2D eigenvalue weighted by Gasteiger charge is 2.16. The van der Waals surface area contributed by atoms with E-state index in [-0.39, 0.29) is 6.01 Å². The minimum atomic E-state index is -0.419. The molecule has 0 fully saturated rings. The van der Waals surface area contributed by atoms with Crippen molar-refractivity contribution in [3.05, 3.63) is 54.1 Å². The first-order valence-electron chi connectivity index (χ1n) is 7.13. The molecule has 3 rings (SSSR count). The molecule has 1 aromatic heterocycles. The van der Waals surface area contributed by atoms with Crippen molar-refractivity contribution in [2.45, 2.75) is 0 Å². The van der Waals surface area contributed by atoms with Gasteiger partial charge in [0.2, 0.25) is 5.89 Å². The van der Waals surface area contributed by atoms with Crippen LogP contribution in [-0.2, 0) is 0 Å². The fourth-order valence-electron chi connectivity index (χ4n) is 2.12. The number of carbonyl (C=O) groups excluding carboxylic acids is 1. The monoisotopic (exact) mass is 325 g/mol. The number of methoxy groups -OCH3 is 2. The van der Waals surface area contributed by atoms with Gasteiger partial charge in [0.15, 0.2) is 0 Å². The fourth-order valence-corrected chi connectivity index (χ4v) is 2.12. The normalized spacial score (nSPS) is 10.2. The highest BCUT2D eigenvalue weighted by molar-refractivity contribution is 6.05. The van der Waals surface area contributed by atoms with Gasteiger partial charge < -0.3 is 13.9 Å². The lowest BCUT2D eigenvalue weighted by Crippen LogP contribution is -2.13. The van der Waals surface area contributed by atoms with Crippen molar-refractivity contribution in [2.75, 3.05) is 19.5 Å². The summed E-state index contributed by atoms with van der Waals surface area (Å²) in [5.41, 5.74) is 1.10. The first kappa shape index (κ1) is 15.5. The third-order valence-corrected chi connectivity index (χ3v) is 3.32. The first-order chi connectivity index (χ1) is 11.7. The molecular formula is C17H15N3O4. The number of carbonyl (C=O) groups is 1. The van der Waals surface area contributed by atoms with Gasteiger partial charge in [0.05, 0.1) is 19.8 Å². The quantitative estimate of drug-likeness (QED) is 0.776. The number of ether oxygens (including phenoxy) is 2. The number of hydrogen-bond donors (Lipinski definition) is 1. The minimum absolute atomic E-state index is 0.0109. The molecule has 0 saturated carbocycles. The highest BCUT2D eigenvalue weighted by Crippen LogP contribution is 2.26. The van der Waals surface area contributed by atoms with Crippen molar-refractivity contribution in [1.29, 1.82) is 0 Å². The molecule has 0 unspecified atom stereocenters. The van der Waals surface area contributed by atoms with E-state index in [1.807, 2.05) is 30.3 Å². The lowest BCUT2D eigenvalue weighted by molar-refractivity contribution is 0.102. The Morgan fingerprint density at radius 3 is 2.54 bits per heavy atom. The molecule has 1 amide bonds. The molecule has 0 atom stereocenters. The fraction of sp³-hybridized carbons (Fsp3) is 0.118. The van der Waals surface area contributed by atoms with E-state index >= 15 is 0 Å². The van der Waals surface area contributed by atoms with Crippen LogP contribution in [0.25, 0.3) is 11.5 Å². The van der Waals surface area contributed by atoms with Gasteiger partial charge in [-0.2, -0.15) is 0 Å². The molecule has 0 radical (unpaired) electrons. The molecule has 24 heavy (non-hydrogen) atoms. The van der Waals surface area contributed by atoms with E-state index in [0.717, 1.165) is 5.56 Å². The maximum atomic E-state index is 12.4. The zero-order chi connectivity index (χ0) is 16.9. The molecule has 0 saturated heterocycles. The summed E-state index contributed by atoms with van der Waals surface area (Å²) >= 11 is 0. The molecule has 7 heteroatoms. The van der Waals surface area contributed by atoms with Crippen LogP contribution in [0, 0.1) is 0 Å². The summed E-state index contributed by atoms with van der Waals surface area (Å²) in [6.45, 7) is 0. The highest BCUT2D eigenvalue weighted by atomic mass is 16.5. The average molecular weight is 325 g/mol.